The van der Waals surface area contributed by atoms with Gasteiger partial charge in [-0.3, -0.25) is 9.79 Å². The predicted molar refractivity (Wildman–Crippen MR) is 39.9 cm³/mol. The second-order valence-corrected chi connectivity index (χ2v) is 2.69. The Balaban J connectivity index is 2.81. The van der Waals surface area contributed by atoms with E-state index in [1.165, 1.54) is 0 Å². The molecule has 0 saturated heterocycles. The van der Waals surface area contributed by atoms with Crippen LogP contribution in [0.5, 0.6) is 0 Å². The van der Waals surface area contributed by atoms with Crippen LogP contribution in [0.25, 0.3) is 0 Å². The Morgan fingerprint density at radius 2 is 2.30 bits per heavy atom. The lowest BCUT2D eigenvalue weighted by Gasteiger charge is -2.24. The summed E-state index contributed by atoms with van der Waals surface area (Å²) in [5, 5.41) is 0. The first-order valence-electron chi connectivity index (χ1n) is 3.41. The average molecular weight is 140 g/mol. The Kier molecular flexibility index (Phi) is 1.74. The molecule has 1 aliphatic heterocycles. The fourth-order valence-corrected chi connectivity index (χ4v) is 0.943. The van der Waals surface area contributed by atoms with Gasteiger partial charge in [-0.25, -0.2) is 0 Å². The number of carbonyl (C=O) groups is 1. The van der Waals surface area contributed by atoms with E-state index in [4.69, 9.17) is 0 Å². The number of rotatable bonds is 0. The van der Waals surface area contributed by atoms with Crippen LogP contribution >= 0.6 is 0 Å². The first-order valence-corrected chi connectivity index (χ1v) is 3.41. The van der Waals surface area contributed by atoms with Crippen molar-refractivity contribution in [2.75, 3.05) is 13.6 Å². The molecular weight excluding hydrogens is 128 g/mol. The predicted octanol–water partition coefficient (Wildman–Crippen LogP) is 0.513. The van der Waals surface area contributed by atoms with Crippen LogP contribution in [-0.4, -0.2) is 30.2 Å². The first kappa shape index (κ1) is 7.25. The van der Waals surface area contributed by atoms with E-state index in [1.54, 1.807) is 11.9 Å². The summed E-state index contributed by atoms with van der Waals surface area (Å²) >= 11 is 0. The molecule has 0 N–H and O–H groups in total. The third kappa shape index (κ3) is 1.03. The summed E-state index contributed by atoms with van der Waals surface area (Å²) in [4.78, 5) is 17.0. The first-order chi connectivity index (χ1) is 4.63. The van der Waals surface area contributed by atoms with E-state index in [-0.39, 0.29) is 11.8 Å². The lowest BCUT2D eigenvalue weighted by molar-refractivity contribution is -0.130. The fraction of sp³-hybridized carbons (Fsp3) is 0.714. The third-order valence-corrected chi connectivity index (χ3v) is 1.83. The van der Waals surface area contributed by atoms with Gasteiger partial charge in [-0.2, -0.15) is 0 Å². The zero-order valence-electron chi connectivity index (χ0n) is 6.59. The van der Waals surface area contributed by atoms with Gasteiger partial charge in [0.2, 0.25) is 5.91 Å². The highest BCUT2D eigenvalue weighted by molar-refractivity contribution is 5.99. The van der Waals surface area contributed by atoms with Crippen molar-refractivity contribution < 1.29 is 4.79 Å². The Bertz CT molecular complexity index is 186. The summed E-state index contributed by atoms with van der Waals surface area (Å²) in [6.07, 6.45) is 0. The van der Waals surface area contributed by atoms with Gasteiger partial charge < -0.3 is 4.90 Å². The van der Waals surface area contributed by atoms with Gasteiger partial charge in [0.1, 0.15) is 5.84 Å². The number of carbonyl (C=O) groups excluding carboxylic acids is 1. The summed E-state index contributed by atoms with van der Waals surface area (Å²) in [5.41, 5.74) is 0. The van der Waals surface area contributed by atoms with Crippen molar-refractivity contribution in [3.63, 3.8) is 0 Å². The molecule has 1 unspecified atom stereocenters. The van der Waals surface area contributed by atoms with Crippen LogP contribution in [0.1, 0.15) is 13.8 Å². The normalized spacial score (nSPS) is 26.7. The van der Waals surface area contributed by atoms with Crippen molar-refractivity contribution in [2.45, 2.75) is 13.8 Å². The van der Waals surface area contributed by atoms with Gasteiger partial charge in [0, 0.05) is 7.05 Å². The molecule has 0 fully saturated rings. The lowest BCUT2D eigenvalue weighted by Crippen LogP contribution is -2.40. The molecule has 0 aliphatic carbocycles. The molecule has 1 atom stereocenters. The van der Waals surface area contributed by atoms with Crippen LogP contribution in [0.3, 0.4) is 0 Å². The molecule has 1 rings (SSSR count). The molecule has 1 aliphatic rings. The quantitative estimate of drug-likeness (QED) is 0.482. The van der Waals surface area contributed by atoms with Crippen LogP contribution in [0.4, 0.5) is 0 Å². The van der Waals surface area contributed by atoms with Gasteiger partial charge in [0.25, 0.3) is 0 Å². The summed E-state index contributed by atoms with van der Waals surface area (Å²) in [6, 6.07) is 0. The maximum Gasteiger partial charge on any atom is 0.232 e. The molecule has 1 heterocycles. The molecule has 0 aromatic carbocycles. The van der Waals surface area contributed by atoms with Crippen LogP contribution in [0.2, 0.25) is 0 Å². The van der Waals surface area contributed by atoms with Crippen molar-refractivity contribution in [1.82, 2.24) is 4.90 Å². The van der Waals surface area contributed by atoms with Crippen LogP contribution < -0.4 is 0 Å². The van der Waals surface area contributed by atoms with Gasteiger partial charge in [-0.15, -0.1) is 0 Å². The molecule has 56 valence electrons. The zero-order valence-corrected chi connectivity index (χ0v) is 6.59. The van der Waals surface area contributed by atoms with Crippen molar-refractivity contribution in [3.8, 4) is 0 Å². The summed E-state index contributed by atoms with van der Waals surface area (Å²) < 4.78 is 0. The Morgan fingerprint density at radius 1 is 1.70 bits per heavy atom. The van der Waals surface area contributed by atoms with Crippen LogP contribution in [-0.2, 0) is 4.79 Å². The molecule has 3 nitrogen and oxygen atoms in total. The summed E-state index contributed by atoms with van der Waals surface area (Å²) in [7, 11) is 1.76. The largest absolute Gasteiger partial charge is 0.304 e. The maximum atomic E-state index is 11.2. The molecular formula is C7H12N2O. The molecule has 0 aromatic heterocycles. The molecule has 0 radical (unpaired) electrons. The molecule has 0 aromatic rings. The number of amidine groups is 1. The van der Waals surface area contributed by atoms with E-state index in [1.807, 2.05) is 13.8 Å². The second-order valence-electron chi connectivity index (χ2n) is 2.69. The summed E-state index contributed by atoms with van der Waals surface area (Å²) in [5.74, 6) is 1.06. The third-order valence-electron chi connectivity index (χ3n) is 1.83. The van der Waals surface area contributed by atoms with Crippen LogP contribution in [0.15, 0.2) is 4.99 Å². The van der Waals surface area contributed by atoms with E-state index >= 15 is 0 Å². The van der Waals surface area contributed by atoms with Crippen molar-refractivity contribution in [1.29, 1.82) is 0 Å². The summed E-state index contributed by atoms with van der Waals surface area (Å²) in [6.45, 7) is 4.40. The number of aliphatic imine (C=N–C) groups is 1. The van der Waals surface area contributed by atoms with Crippen molar-refractivity contribution in [2.24, 2.45) is 10.9 Å². The average Bonchev–Trinajstić information content (AvgIpc) is 1.93. The Labute approximate surface area is 60.7 Å². The number of nitrogens with zero attached hydrogens (tertiary/aromatic N) is 2. The smallest absolute Gasteiger partial charge is 0.232 e. The molecule has 1 amide bonds. The van der Waals surface area contributed by atoms with E-state index in [9.17, 15) is 4.79 Å². The Hall–Kier alpha value is -0.860. The fourth-order valence-electron chi connectivity index (χ4n) is 0.943. The van der Waals surface area contributed by atoms with E-state index < -0.39 is 0 Å². The van der Waals surface area contributed by atoms with E-state index in [2.05, 4.69) is 4.99 Å². The van der Waals surface area contributed by atoms with Gasteiger partial charge in [0.05, 0.1) is 12.5 Å². The Morgan fingerprint density at radius 3 is 2.80 bits per heavy atom. The lowest BCUT2D eigenvalue weighted by atomic mass is 10.1. The van der Waals surface area contributed by atoms with Crippen LogP contribution in [0, 0.1) is 5.92 Å². The number of hydrogen-bond donors (Lipinski definition) is 0. The van der Waals surface area contributed by atoms with Gasteiger partial charge in [-0.05, 0) is 6.92 Å². The number of amides is 1. The molecule has 0 saturated carbocycles. The molecule has 0 spiro atoms. The molecule has 0 bridgehead atoms. The standard InChI is InChI=1S/C7H12N2O/c1-5-4-8-6(2)9(3)7(5)10/h5H,4H2,1-3H3. The van der Waals surface area contributed by atoms with Crippen molar-refractivity contribution >= 4 is 11.7 Å². The minimum Gasteiger partial charge on any atom is -0.304 e. The van der Waals surface area contributed by atoms with E-state index in [0.29, 0.717) is 6.54 Å². The number of hydrogen-bond acceptors (Lipinski definition) is 2. The monoisotopic (exact) mass is 140 g/mol. The topological polar surface area (TPSA) is 32.7 Å². The van der Waals surface area contributed by atoms with Gasteiger partial charge in [-0.1, -0.05) is 6.92 Å². The van der Waals surface area contributed by atoms with Gasteiger partial charge >= 0.3 is 0 Å². The minimum atomic E-state index is 0.0636. The highest BCUT2D eigenvalue weighted by Gasteiger charge is 2.22. The maximum absolute atomic E-state index is 11.2. The SMILES string of the molecule is CC1=NCC(C)C(=O)N1C. The van der Waals surface area contributed by atoms with E-state index in [0.717, 1.165) is 5.84 Å². The zero-order chi connectivity index (χ0) is 7.72. The second kappa shape index (κ2) is 2.40. The van der Waals surface area contributed by atoms with Crippen molar-refractivity contribution in [3.05, 3.63) is 0 Å². The van der Waals surface area contributed by atoms with Gasteiger partial charge in [0.15, 0.2) is 0 Å². The molecule has 3 heteroatoms. The highest BCUT2D eigenvalue weighted by Crippen LogP contribution is 2.07. The minimum absolute atomic E-state index is 0.0636. The molecule has 10 heavy (non-hydrogen) atoms. The highest BCUT2D eigenvalue weighted by atomic mass is 16.2.